The van der Waals surface area contributed by atoms with E-state index in [-0.39, 0.29) is 0 Å². The number of rotatable bonds is 2. The zero-order valence-electron chi connectivity index (χ0n) is 18.1. The molecule has 0 bridgehead atoms. The van der Waals surface area contributed by atoms with E-state index in [0.717, 1.165) is 5.46 Å². The minimum atomic E-state index is -0.422. The molecule has 0 amide bonds. The number of para-hydroxylation sites is 2. The third-order valence-corrected chi connectivity index (χ3v) is 7.18. The number of hydrogen-bond acceptors (Lipinski definition) is 0. The number of benzene rings is 5. The summed E-state index contributed by atoms with van der Waals surface area (Å²) in [4.78, 5) is 0. The Morgan fingerprint density at radius 3 is 1.91 bits per heavy atom. The summed E-state index contributed by atoms with van der Waals surface area (Å²) in [6.45, 7) is 0. The van der Waals surface area contributed by atoms with Gasteiger partial charge in [0, 0.05) is 10.8 Å². The van der Waals surface area contributed by atoms with Crippen LogP contribution in [0.5, 0.6) is 0 Å². The Labute approximate surface area is 194 Å². The van der Waals surface area contributed by atoms with Crippen LogP contribution in [0, 0.1) is 0 Å². The highest BCUT2D eigenvalue weighted by molar-refractivity contribution is 6.34. The van der Waals surface area contributed by atoms with Gasteiger partial charge in [0.1, 0.15) is 7.85 Å². The highest BCUT2D eigenvalue weighted by Gasteiger charge is 2.44. The van der Waals surface area contributed by atoms with E-state index < -0.39 is 5.41 Å². The summed E-state index contributed by atoms with van der Waals surface area (Å²) in [6.07, 6.45) is 0. The van der Waals surface area contributed by atoms with Crippen LogP contribution in [0.25, 0.3) is 27.5 Å². The van der Waals surface area contributed by atoms with Gasteiger partial charge in [-0.2, -0.15) is 0 Å². The van der Waals surface area contributed by atoms with E-state index in [2.05, 4.69) is 120 Å². The maximum atomic E-state index is 6.24. The van der Waals surface area contributed by atoms with E-state index in [4.69, 9.17) is 7.85 Å². The van der Waals surface area contributed by atoms with E-state index >= 15 is 0 Å². The molecule has 1 nitrogen and oxygen atoms in total. The van der Waals surface area contributed by atoms with E-state index in [0.29, 0.717) is 0 Å². The first-order valence-electron chi connectivity index (χ1n) is 11.3. The predicted octanol–water partition coefficient (Wildman–Crippen LogP) is 6.27. The van der Waals surface area contributed by atoms with Gasteiger partial charge in [-0.05, 0) is 34.4 Å². The molecule has 6 aromatic rings. The minimum absolute atomic E-state index is 0.422. The highest BCUT2D eigenvalue weighted by atomic mass is 15.0. The van der Waals surface area contributed by atoms with Gasteiger partial charge in [-0.1, -0.05) is 115 Å². The summed E-state index contributed by atoms with van der Waals surface area (Å²) in [6, 6.07) is 43.7. The van der Waals surface area contributed by atoms with Gasteiger partial charge < -0.3 is 4.57 Å². The monoisotopic (exact) mass is 417 g/mol. The van der Waals surface area contributed by atoms with Crippen LogP contribution in [0.4, 0.5) is 0 Å². The minimum Gasteiger partial charge on any atom is -0.309 e. The largest absolute Gasteiger partial charge is 0.309 e. The second-order valence-corrected chi connectivity index (χ2v) is 8.81. The zero-order chi connectivity index (χ0) is 22.0. The molecule has 33 heavy (non-hydrogen) atoms. The first kappa shape index (κ1) is 18.5. The van der Waals surface area contributed by atoms with Crippen LogP contribution in [-0.2, 0) is 5.41 Å². The molecule has 0 saturated carbocycles. The van der Waals surface area contributed by atoms with Crippen LogP contribution in [0.2, 0.25) is 0 Å². The Bertz CT molecular complexity index is 1620. The smallest absolute Gasteiger partial charge is 0.113 e. The molecule has 2 radical (unpaired) electrons. The lowest BCUT2D eigenvalue weighted by molar-refractivity contribution is 0.728. The SMILES string of the molecule is [B]c1ccc2c(c1)c1cccc3c1n2-c1ccccc1C3(c1ccccc1)c1ccccc1. The number of aromatic nitrogens is 1. The Balaban J connectivity index is 1.78. The van der Waals surface area contributed by atoms with Crippen molar-refractivity contribution in [2.45, 2.75) is 5.41 Å². The summed E-state index contributed by atoms with van der Waals surface area (Å²) < 4.78 is 2.43. The van der Waals surface area contributed by atoms with Crippen LogP contribution in [-0.4, -0.2) is 12.4 Å². The standard InChI is InChI=1S/C31H20BN/c32-23-18-19-28-25(20-23)24-14-9-16-27-30(24)33(28)29-17-8-7-15-26(29)31(27,21-10-3-1-4-11-21)22-12-5-2-6-13-22/h1-20H. The van der Waals surface area contributed by atoms with Crippen LogP contribution in [0.1, 0.15) is 22.3 Å². The fraction of sp³-hybridized carbons (Fsp3) is 0.0323. The predicted molar refractivity (Wildman–Crippen MR) is 138 cm³/mol. The lowest BCUT2D eigenvalue weighted by Crippen LogP contribution is -2.35. The molecule has 0 spiro atoms. The lowest BCUT2D eigenvalue weighted by atomic mass is 9.63. The van der Waals surface area contributed by atoms with E-state index in [1.54, 1.807) is 0 Å². The van der Waals surface area contributed by atoms with Gasteiger partial charge in [-0.15, -0.1) is 0 Å². The first-order chi connectivity index (χ1) is 16.3. The summed E-state index contributed by atoms with van der Waals surface area (Å²) in [7, 11) is 6.24. The summed E-state index contributed by atoms with van der Waals surface area (Å²) in [5, 5.41) is 2.43. The van der Waals surface area contributed by atoms with Gasteiger partial charge in [-0.25, -0.2) is 0 Å². The maximum absolute atomic E-state index is 6.24. The van der Waals surface area contributed by atoms with Crippen LogP contribution < -0.4 is 5.46 Å². The molecule has 0 N–H and O–H groups in total. The van der Waals surface area contributed by atoms with Gasteiger partial charge in [0.25, 0.3) is 0 Å². The molecule has 0 fully saturated rings. The molecule has 1 aliphatic heterocycles. The van der Waals surface area contributed by atoms with Crippen molar-refractivity contribution >= 4 is 35.1 Å². The van der Waals surface area contributed by atoms with Crippen molar-refractivity contribution in [3.8, 4) is 5.69 Å². The highest BCUT2D eigenvalue weighted by Crippen LogP contribution is 2.53. The van der Waals surface area contributed by atoms with Crippen LogP contribution >= 0.6 is 0 Å². The normalized spacial score (nSPS) is 13.8. The quantitative estimate of drug-likeness (QED) is 0.292. The molecule has 2 heteroatoms. The summed E-state index contributed by atoms with van der Waals surface area (Å²) >= 11 is 0. The molecule has 0 saturated heterocycles. The average molecular weight is 417 g/mol. The third kappa shape index (κ3) is 2.33. The van der Waals surface area contributed by atoms with E-state index in [9.17, 15) is 0 Å². The van der Waals surface area contributed by atoms with Crippen molar-refractivity contribution in [1.82, 2.24) is 4.57 Å². The van der Waals surface area contributed by atoms with E-state index in [1.807, 2.05) is 6.07 Å². The Kier molecular flexibility index (Phi) is 3.78. The molecule has 152 valence electrons. The maximum Gasteiger partial charge on any atom is 0.113 e. The van der Waals surface area contributed by atoms with Crippen molar-refractivity contribution in [1.29, 1.82) is 0 Å². The van der Waals surface area contributed by atoms with Gasteiger partial charge in [-0.3, -0.25) is 0 Å². The van der Waals surface area contributed by atoms with Gasteiger partial charge in [0.05, 0.1) is 22.1 Å². The number of hydrogen-bond donors (Lipinski definition) is 0. The second kappa shape index (κ2) is 6.73. The fourth-order valence-electron chi connectivity index (χ4n) is 5.94. The van der Waals surface area contributed by atoms with Crippen molar-refractivity contribution < 1.29 is 0 Å². The Hall–Kier alpha value is -4.04. The van der Waals surface area contributed by atoms with Gasteiger partial charge >= 0.3 is 0 Å². The molecular formula is C31H20BN. The molecule has 1 aromatic heterocycles. The molecule has 7 rings (SSSR count). The van der Waals surface area contributed by atoms with Crippen molar-refractivity contribution in [2.75, 3.05) is 0 Å². The number of fused-ring (bicyclic) bond motifs is 5. The van der Waals surface area contributed by atoms with Crippen molar-refractivity contribution in [3.63, 3.8) is 0 Å². The fourth-order valence-corrected chi connectivity index (χ4v) is 5.94. The van der Waals surface area contributed by atoms with Crippen LogP contribution in [0.15, 0.2) is 121 Å². The number of nitrogens with zero attached hydrogens (tertiary/aromatic N) is 1. The summed E-state index contributed by atoms with van der Waals surface area (Å²) in [5.41, 5.74) is 9.15. The Morgan fingerprint density at radius 2 is 1.18 bits per heavy atom. The molecule has 0 atom stereocenters. The van der Waals surface area contributed by atoms with Gasteiger partial charge in [0.2, 0.25) is 0 Å². The molecule has 5 aromatic carbocycles. The third-order valence-electron chi connectivity index (χ3n) is 7.18. The zero-order valence-corrected chi connectivity index (χ0v) is 18.1. The first-order valence-corrected chi connectivity index (χ1v) is 11.3. The van der Waals surface area contributed by atoms with E-state index in [1.165, 1.54) is 49.7 Å². The average Bonchev–Trinajstić information content (AvgIpc) is 3.21. The molecule has 0 unspecified atom stereocenters. The molecule has 1 aliphatic rings. The summed E-state index contributed by atoms with van der Waals surface area (Å²) in [5.74, 6) is 0. The lowest BCUT2D eigenvalue weighted by Gasteiger charge is -2.41. The van der Waals surface area contributed by atoms with Crippen LogP contribution in [0.3, 0.4) is 0 Å². The second-order valence-electron chi connectivity index (χ2n) is 8.81. The van der Waals surface area contributed by atoms with Crippen molar-refractivity contribution in [2.24, 2.45) is 0 Å². The molecular weight excluding hydrogens is 397 g/mol. The Morgan fingerprint density at radius 1 is 0.545 bits per heavy atom. The molecule has 2 heterocycles. The van der Waals surface area contributed by atoms with Crippen molar-refractivity contribution in [3.05, 3.63) is 144 Å². The topological polar surface area (TPSA) is 4.93 Å². The molecule has 0 aliphatic carbocycles. The van der Waals surface area contributed by atoms with Gasteiger partial charge in [0.15, 0.2) is 0 Å².